The van der Waals surface area contributed by atoms with Gasteiger partial charge in [0.1, 0.15) is 0 Å². The van der Waals surface area contributed by atoms with E-state index in [2.05, 4.69) is 6.07 Å². The molecule has 0 amide bonds. The number of benzene rings is 6. The summed E-state index contributed by atoms with van der Waals surface area (Å²) in [5.74, 6) is 0. The second kappa shape index (κ2) is 10.6. The SMILES string of the molecule is Cc1ccc2c3ccc(C)cc3n(-c3cc(C(F)(F)F)c(-n4c5cc(C)ccc5c5ccc(C)cc54)cc3-c3cccc(C#N)c3)c2c1. The van der Waals surface area contributed by atoms with Gasteiger partial charge in [0.25, 0.3) is 0 Å². The lowest BCUT2D eigenvalue weighted by molar-refractivity contribution is -0.137. The van der Waals surface area contributed by atoms with E-state index < -0.39 is 11.7 Å². The lowest BCUT2D eigenvalue weighted by atomic mass is 9.97. The van der Waals surface area contributed by atoms with Crippen molar-refractivity contribution in [2.45, 2.75) is 33.9 Å². The molecule has 3 nitrogen and oxygen atoms in total. The number of aromatic nitrogens is 2. The number of hydrogen-bond acceptors (Lipinski definition) is 1. The summed E-state index contributed by atoms with van der Waals surface area (Å²) in [4.78, 5) is 0. The number of hydrogen-bond donors (Lipinski definition) is 0. The summed E-state index contributed by atoms with van der Waals surface area (Å²) in [6.45, 7) is 7.87. The summed E-state index contributed by atoms with van der Waals surface area (Å²) in [6.07, 6.45) is -4.68. The van der Waals surface area contributed by atoms with Crippen LogP contribution < -0.4 is 0 Å². The maximum absolute atomic E-state index is 15.6. The maximum Gasteiger partial charge on any atom is 0.418 e. The van der Waals surface area contributed by atoms with Crippen molar-refractivity contribution in [3.8, 4) is 28.6 Å². The zero-order valence-electron chi connectivity index (χ0n) is 26.9. The van der Waals surface area contributed by atoms with Crippen LogP contribution in [0.15, 0.2) is 109 Å². The second-order valence-electron chi connectivity index (χ2n) is 12.8. The zero-order valence-corrected chi connectivity index (χ0v) is 26.9. The van der Waals surface area contributed by atoms with Crippen molar-refractivity contribution < 1.29 is 13.2 Å². The Kier molecular flexibility index (Phi) is 6.54. The van der Waals surface area contributed by atoms with E-state index in [1.807, 2.05) is 111 Å². The molecule has 48 heavy (non-hydrogen) atoms. The largest absolute Gasteiger partial charge is 0.418 e. The van der Waals surface area contributed by atoms with Gasteiger partial charge in [0.05, 0.1) is 50.6 Å². The van der Waals surface area contributed by atoms with Crippen molar-refractivity contribution in [3.05, 3.63) is 143 Å². The third kappa shape index (κ3) is 4.57. The van der Waals surface area contributed by atoms with E-state index in [0.717, 1.165) is 54.8 Å². The molecule has 0 saturated heterocycles. The smallest absolute Gasteiger partial charge is 0.309 e. The Morgan fingerprint density at radius 1 is 0.521 bits per heavy atom. The first-order chi connectivity index (χ1) is 23.0. The molecule has 8 aromatic rings. The molecule has 0 fully saturated rings. The number of nitrogens with zero attached hydrogens (tertiary/aromatic N) is 3. The van der Waals surface area contributed by atoms with E-state index in [1.165, 1.54) is 6.07 Å². The molecular weight excluding hydrogens is 603 g/mol. The number of fused-ring (bicyclic) bond motifs is 6. The highest BCUT2D eigenvalue weighted by molar-refractivity contribution is 6.11. The van der Waals surface area contributed by atoms with E-state index in [0.29, 0.717) is 33.4 Å². The Morgan fingerprint density at radius 3 is 1.38 bits per heavy atom. The molecule has 2 heterocycles. The van der Waals surface area contributed by atoms with Gasteiger partial charge in [-0.1, -0.05) is 60.7 Å². The van der Waals surface area contributed by atoms with Gasteiger partial charge in [-0.05, 0) is 104 Å². The van der Waals surface area contributed by atoms with Crippen molar-refractivity contribution in [1.29, 1.82) is 5.26 Å². The van der Waals surface area contributed by atoms with Gasteiger partial charge in [0.15, 0.2) is 0 Å². The summed E-state index contributed by atoms with van der Waals surface area (Å²) in [7, 11) is 0. The van der Waals surface area contributed by atoms with E-state index in [1.54, 1.807) is 28.8 Å². The molecule has 0 spiro atoms. The fraction of sp³-hybridized carbons (Fsp3) is 0.119. The number of alkyl halides is 3. The first kappa shape index (κ1) is 29.6. The fourth-order valence-corrected chi connectivity index (χ4v) is 7.16. The van der Waals surface area contributed by atoms with Crippen LogP contribution in [0, 0.1) is 39.0 Å². The van der Waals surface area contributed by atoms with E-state index in [9.17, 15) is 5.26 Å². The zero-order chi connectivity index (χ0) is 33.5. The van der Waals surface area contributed by atoms with Gasteiger partial charge in [0.2, 0.25) is 0 Å². The molecule has 234 valence electrons. The van der Waals surface area contributed by atoms with Crippen molar-refractivity contribution in [3.63, 3.8) is 0 Å². The topological polar surface area (TPSA) is 33.6 Å². The Bertz CT molecular complexity index is 2540. The number of nitriles is 1. The van der Waals surface area contributed by atoms with E-state index in [-0.39, 0.29) is 5.69 Å². The fourth-order valence-electron chi connectivity index (χ4n) is 7.16. The lowest BCUT2D eigenvalue weighted by Gasteiger charge is -2.22. The molecule has 0 bridgehead atoms. The quantitative estimate of drug-likeness (QED) is 0.191. The molecule has 6 aromatic carbocycles. The van der Waals surface area contributed by atoms with Gasteiger partial charge in [-0.2, -0.15) is 18.4 Å². The van der Waals surface area contributed by atoms with Crippen LogP contribution in [0.2, 0.25) is 0 Å². The van der Waals surface area contributed by atoms with E-state index >= 15 is 13.2 Å². The normalized spacial score (nSPS) is 12.0. The first-order valence-corrected chi connectivity index (χ1v) is 15.8. The van der Waals surface area contributed by atoms with Crippen molar-refractivity contribution in [2.75, 3.05) is 0 Å². The highest BCUT2D eigenvalue weighted by Gasteiger charge is 2.37. The molecular formula is C42H30F3N3. The Labute approximate surface area is 275 Å². The minimum atomic E-state index is -4.68. The molecule has 2 aromatic heterocycles. The predicted molar refractivity (Wildman–Crippen MR) is 189 cm³/mol. The lowest BCUT2D eigenvalue weighted by Crippen LogP contribution is -2.13. The van der Waals surface area contributed by atoms with Gasteiger partial charge in [-0.25, -0.2) is 0 Å². The molecule has 0 saturated carbocycles. The van der Waals surface area contributed by atoms with Crippen LogP contribution in [0.3, 0.4) is 0 Å². The molecule has 6 heteroatoms. The molecule has 0 aliphatic heterocycles. The summed E-state index contributed by atoms with van der Waals surface area (Å²) < 4.78 is 50.4. The van der Waals surface area contributed by atoms with Crippen LogP contribution in [0.25, 0.3) is 66.1 Å². The van der Waals surface area contributed by atoms with Gasteiger partial charge in [0, 0.05) is 27.1 Å². The highest BCUT2D eigenvalue weighted by Crippen LogP contribution is 2.45. The van der Waals surface area contributed by atoms with Crippen molar-refractivity contribution in [1.82, 2.24) is 9.13 Å². The number of rotatable bonds is 3. The molecule has 0 radical (unpaired) electrons. The molecule has 0 aliphatic carbocycles. The summed E-state index contributed by atoms with van der Waals surface area (Å²) in [5.41, 5.74) is 8.30. The van der Waals surface area contributed by atoms with Crippen LogP contribution in [0.1, 0.15) is 33.4 Å². The summed E-state index contributed by atoms with van der Waals surface area (Å²) >= 11 is 0. The van der Waals surface area contributed by atoms with Gasteiger partial charge < -0.3 is 9.13 Å². The van der Waals surface area contributed by atoms with Gasteiger partial charge in [-0.3, -0.25) is 0 Å². The monoisotopic (exact) mass is 633 g/mol. The van der Waals surface area contributed by atoms with Crippen LogP contribution in [0.4, 0.5) is 13.2 Å². The van der Waals surface area contributed by atoms with Crippen molar-refractivity contribution >= 4 is 43.6 Å². The second-order valence-corrected chi connectivity index (χ2v) is 12.8. The van der Waals surface area contributed by atoms with Gasteiger partial charge in [-0.15, -0.1) is 0 Å². The molecule has 8 rings (SSSR count). The minimum Gasteiger partial charge on any atom is -0.309 e. The third-order valence-corrected chi connectivity index (χ3v) is 9.36. The molecule has 0 N–H and O–H groups in total. The molecule has 0 unspecified atom stereocenters. The Hall–Kier alpha value is -5.80. The van der Waals surface area contributed by atoms with Crippen LogP contribution in [-0.2, 0) is 6.18 Å². The highest BCUT2D eigenvalue weighted by atomic mass is 19.4. The van der Waals surface area contributed by atoms with Crippen molar-refractivity contribution in [2.24, 2.45) is 0 Å². The maximum atomic E-state index is 15.6. The van der Waals surface area contributed by atoms with E-state index in [4.69, 9.17) is 0 Å². The minimum absolute atomic E-state index is 0.0351. The Balaban J connectivity index is 1.59. The van der Waals surface area contributed by atoms with Crippen LogP contribution in [-0.4, -0.2) is 9.13 Å². The summed E-state index contributed by atoms with van der Waals surface area (Å²) in [5, 5.41) is 13.5. The average molecular weight is 634 g/mol. The standard InChI is InChI=1S/C42H30F3N3/c1-24-8-12-30-31-13-9-25(2)17-37(31)47(36(30)16-24)40-22-35(42(43,44)45)41(21-34(40)29-7-5-6-28(20-29)23-46)48-38-18-26(3)10-14-32(38)33-15-11-27(4)19-39(33)48/h5-22H,1-4H3. The van der Waals surface area contributed by atoms with Crippen LogP contribution >= 0.6 is 0 Å². The summed E-state index contributed by atoms with van der Waals surface area (Å²) in [6, 6.07) is 36.3. The Morgan fingerprint density at radius 2 is 0.958 bits per heavy atom. The van der Waals surface area contributed by atoms with Gasteiger partial charge >= 0.3 is 6.18 Å². The first-order valence-electron chi connectivity index (χ1n) is 15.8. The molecule has 0 atom stereocenters. The third-order valence-electron chi connectivity index (χ3n) is 9.36. The average Bonchev–Trinajstić information content (AvgIpc) is 3.54. The van der Waals surface area contributed by atoms with Crippen LogP contribution in [0.5, 0.6) is 0 Å². The predicted octanol–water partition coefficient (Wildman–Crippen LogP) is 11.7. The number of aryl methyl sites for hydroxylation is 4. The molecule has 0 aliphatic rings. The number of halogens is 3.